The number of carbonyl (C=O) groups is 1. The van der Waals surface area contributed by atoms with Crippen LogP contribution in [0.1, 0.15) is 50.7 Å². The van der Waals surface area contributed by atoms with E-state index in [0.29, 0.717) is 12.3 Å². The van der Waals surface area contributed by atoms with E-state index in [9.17, 15) is 4.79 Å². The van der Waals surface area contributed by atoms with Crippen molar-refractivity contribution >= 4 is 5.91 Å². The van der Waals surface area contributed by atoms with Crippen LogP contribution in [0, 0.1) is 0 Å². The van der Waals surface area contributed by atoms with Gasteiger partial charge in [0.2, 0.25) is 5.91 Å². The van der Waals surface area contributed by atoms with Crippen LogP contribution in [0.4, 0.5) is 0 Å². The van der Waals surface area contributed by atoms with E-state index in [-0.39, 0.29) is 11.3 Å². The second kappa shape index (κ2) is 4.52. The Morgan fingerprint density at radius 2 is 1.88 bits per heavy atom. The highest BCUT2D eigenvalue weighted by Crippen LogP contribution is 2.31. The lowest BCUT2D eigenvalue weighted by atomic mass is 9.76. The first-order valence-corrected chi connectivity index (χ1v) is 6.38. The molecule has 0 saturated carbocycles. The van der Waals surface area contributed by atoms with Crippen molar-refractivity contribution in [1.82, 2.24) is 5.32 Å². The van der Waals surface area contributed by atoms with Gasteiger partial charge in [0.15, 0.2) is 0 Å². The fraction of sp³-hybridized carbons (Fsp3) is 0.533. The van der Waals surface area contributed by atoms with Crippen molar-refractivity contribution in [2.24, 2.45) is 0 Å². The summed E-state index contributed by atoms with van der Waals surface area (Å²) in [4.78, 5) is 11.2. The zero-order chi connectivity index (χ0) is 12.5. The molecule has 1 aliphatic rings. The van der Waals surface area contributed by atoms with Gasteiger partial charge in [0.1, 0.15) is 0 Å². The molecule has 1 fully saturated rings. The molecule has 1 amide bonds. The van der Waals surface area contributed by atoms with Gasteiger partial charge in [-0.3, -0.25) is 4.79 Å². The predicted octanol–water partition coefficient (Wildman–Crippen LogP) is 2.98. The third-order valence-corrected chi connectivity index (χ3v) is 3.85. The van der Waals surface area contributed by atoms with Crippen LogP contribution in [-0.4, -0.2) is 12.5 Å². The van der Waals surface area contributed by atoms with Gasteiger partial charge in [-0.2, -0.15) is 0 Å². The topological polar surface area (TPSA) is 29.1 Å². The van der Waals surface area contributed by atoms with Gasteiger partial charge in [-0.1, -0.05) is 45.0 Å². The zero-order valence-corrected chi connectivity index (χ0v) is 10.9. The van der Waals surface area contributed by atoms with E-state index < -0.39 is 0 Å². The van der Waals surface area contributed by atoms with Gasteiger partial charge < -0.3 is 5.32 Å². The first-order chi connectivity index (χ1) is 8.01. The summed E-state index contributed by atoms with van der Waals surface area (Å²) in [5, 5.41) is 2.97. The highest BCUT2D eigenvalue weighted by atomic mass is 16.1. The summed E-state index contributed by atoms with van der Waals surface area (Å²) in [5.74, 6) is 0.754. The maximum absolute atomic E-state index is 11.2. The van der Waals surface area contributed by atoms with E-state index in [1.807, 2.05) is 0 Å². The number of rotatable bonds is 2. The Morgan fingerprint density at radius 1 is 1.24 bits per heavy atom. The second-order valence-electron chi connectivity index (χ2n) is 5.61. The first kappa shape index (κ1) is 12.2. The third kappa shape index (κ3) is 2.51. The van der Waals surface area contributed by atoms with Crippen LogP contribution >= 0.6 is 0 Å². The predicted molar refractivity (Wildman–Crippen MR) is 70.1 cm³/mol. The van der Waals surface area contributed by atoms with Gasteiger partial charge in [0.25, 0.3) is 0 Å². The van der Waals surface area contributed by atoms with E-state index in [0.717, 1.165) is 13.0 Å². The highest BCUT2D eigenvalue weighted by molar-refractivity contribution is 5.77. The SMILES string of the molecule is CC(C)c1ccc(C2(C)CCC(=O)NC2)cc1. The first-order valence-electron chi connectivity index (χ1n) is 6.38. The number of carbonyl (C=O) groups excluding carboxylic acids is 1. The Bertz CT molecular complexity index is 395. The van der Waals surface area contributed by atoms with Crippen molar-refractivity contribution in [3.05, 3.63) is 35.4 Å². The fourth-order valence-corrected chi connectivity index (χ4v) is 2.38. The Labute approximate surface area is 103 Å². The van der Waals surface area contributed by atoms with Crippen molar-refractivity contribution in [1.29, 1.82) is 0 Å². The van der Waals surface area contributed by atoms with Crippen molar-refractivity contribution in [3.63, 3.8) is 0 Å². The average Bonchev–Trinajstić information content (AvgIpc) is 2.33. The van der Waals surface area contributed by atoms with Gasteiger partial charge in [0, 0.05) is 18.4 Å². The molecule has 1 heterocycles. The molecule has 1 saturated heterocycles. The molecule has 1 N–H and O–H groups in total. The van der Waals surface area contributed by atoms with Gasteiger partial charge in [-0.15, -0.1) is 0 Å². The number of piperidine rings is 1. The number of amides is 1. The molecule has 1 aromatic rings. The molecule has 1 aliphatic heterocycles. The van der Waals surface area contributed by atoms with Gasteiger partial charge in [-0.05, 0) is 23.5 Å². The molecular weight excluding hydrogens is 210 g/mol. The molecule has 1 aromatic carbocycles. The monoisotopic (exact) mass is 231 g/mol. The van der Waals surface area contributed by atoms with E-state index >= 15 is 0 Å². The van der Waals surface area contributed by atoms with Crippen LogP contribution in [-0.2, 0) is 10.2 Å². The minimum atomic E-state index is 0.101. The molecule has 0 spiro atoms. The Hall–Kier alpha value is -1.31. The summed E-state index contributed by atoms with van der Waals surface area (Å²) >= 11 is 0. The standard InChI is InChI=1S/C15H21NO/c1-11(2)12-4-6-13(7-5-12)15(3)9-8-14(17)16-10-15/h4-7,11H,8-10H2,1-3H3,(H,16,17). The largest absolute Gasteiger partial charge is 0.355 e. The third-order valence-electron chi connectivity index (χ3n) is 3.85. The Kier molecular flexibility index (Phi) is 3.23. The molecule has 92 valence electrons. The van der Waals surface area contributed by atoms with Crippen LogP contribution in [0.25, 0.3) is 0 Å². The minimum Gasteiger partial charge on any atom is -0.355 e. The Balaban J connectivity index is 2.19. The van der Waals surface area contributed by atoms with Crippen molar-refractivity contribution in [2.75, 3.05) is 6.54 Å². The average molecular weight is 231 g/mol. The molecule has 0 aromatic heterocycles. The second-order valence-corrected chi connectivity index (χ2v) is 5.61. The summed E-state index contributed by atoms with van der Waals surface area (Å²) in [6, 6.07) is 8.85. The molecular formula is C15H21NO. The smallest absolute Gasteiger partial charge is 0.220 e. The van der Waals surface area contributed by atoms with Crippen molar-refractivity contribution in [2.45, 2.75) is 44.9 Å². The summed E-state index contributed by atoms with van der Waals surface area (Å²) in [6.45, 7) is 7.40. The molecule has 2 heteroatoms. The molecule has 2 nitrogen and oxygen atoms in total. The van der Waals surface area contributed by atoms with E-state index in [1.54, 1.807) is 0 Å². The molecule has 1 atom stereocenters. The summed E-state index contributed by atoms with van der Waals surface area (Å²) < 4.78 is 0. The van der Waals surface area contributed by atoms with Crippen LogP contribution in [0.15, 0.2) is 24.3 Å². The zero-order valence-electron chi connectivity index (χ0n) is 10.9. The summed E-state index contributed by atoms with van der Waals surface area (Å²) in [5.41, 5.74) is 2.81. The summed E-state index contributed by atoms with van der Waals surface area (Å²) in [7, 11) is 0. The normalized spacial score (nSPS) is 24.8. The maximum Gasteiger partial charge on any atom is 0.220 e. The van der Waals surface area contributed by atoms with Crippen LogP contribution in [0.2, 0.25) is 0 Å². The minimum absolute atomic E-state index is 0.101. The lowest BCUT2D eigenvalue weighted by Crippen LogP contribution is -2.44. The number of hydrogen-bond donors (Lipinski definition) is 1. The van der Waals surface area contributed by atoms with Crippen molar-refractivity contribution in [3.8, 4) is 0 Å². The van der Waals surface area contributed by atoms with Gasteiger partial charge >= 0.3 is 0 Å². The molecule has 0 bridgehead atoms. The summed E-state index contributed by atoms with van der Waals surface area (Å²) in [6.07, 6.45) is 1.59. The number of benzene rings is 1. The quantitative estimate of drug-likeness (QED) is 0.833. The number of nitrogens with one attached hydrogen (secondary N) is 1. The molecule has 17 heavy (non-hydrogen) atoms. The van der Waals surface area contributed by atoms with Crippen molar-refractivity contribution < 1.29 is 4.79 Å². The highest BCUT2D eigenvalue weighted by Gasteiger charge is 2.31. The Morgan fingerprint density at radius 3 is 2.35 bits per heavy atom. The molecule has 2 rings (SSSR count). The van der Waals surface area contributed by atoms with Gasteiger partial charge in [-0.25, -0.2) is 0 Å². The van der Waals surface area contributed by atoms with Crippen LogP contribution < -0.4 is 5.32 Å². The van der Waals surface area contributed by atoms with E-state index in [2.05, 4.69) is 50.4 Å². The fourth-order valence-electron chi connectivity index (χ4n) is 2.38. The molecule has 1 unspecified atom stereocenters. The van der Waals surface area contributed by atoms with Gasteiger partial charge in [0.05, 0.1) is 0 Å². The number of hydrogen-bond acceptors (Lipinski definition) is 1. The molecule has 0 aliphatic carbocycles. The van der Waals surface area contributed by atoms with Crippen LogP contribution in [0.3, 0.4) is 0 Å². The lowest BCUT2D eigenvalue weighted by molar-refractivity contribution is -0.123. The van der Waals surface area contributed by atoms with E-state index in [4.69, 9.17) is 0 Å². The lowest BCUT2D eigenvalue weighted by Gasteiger charge is -2.34. The van der Waals surface area contributed by atoms with E-state index in [1.165, 1.54) is 11.1 Å². The molecule has 0 radical (unpaired) electrons. The maximum atomic E-state index is 11.2. The van der Waals surface area contributed by atoms with Crippen LogP contribution in [0.5, 0.6) is 0 Å².